The lowest BCUT2D eigenvalue weighted by molar-refractivity contribution is -0.121. The van der Waals surface area contributed by atoms with Gasteiger partial charge >= 0.3 is 0 Å². The van der Waals surface area contributed by atoms with Crippen LogP contribution in [-0.2, 0) is 9.59 Å². The SMILES string of the molecule is NCC(=O)NC1CNC(C(=O)Nc2ccc(Nc3ccccc3)cc2)C1. The average Bonchev–Trinajstić information content (AvgIpc) is 3.12. The molecule has 1 saturated heterocycles. The molecule has 2 amide bonds. The molecule has 7 nitrogen and oxygen atoms in total. The Balaban J connectivity index is 1.51. The fourth-order valence-electron chi connectivity index (χ4n) is 2.89. The molecule has 0 spiro atoms. The molecule has 136 valence electrons. The number of hydrogen-bond acceptors (Lipinski definition) is 5. The highest BCUT2D eigenvalue weighted by atomic mass is 16.2. The number of carbonyl (C=O) groups excluding carboxylic acids is 2. The zero-order valence-electron chi connectivity index (χ0n) is 14.4. The van der Waals surface area contributed by atoms with Crippen molar-refractivity contribution in [2.75, 3.05) is 23.7 Å². The molecule has 2 aromatic carbocycles. The van der Waals surface area contributed by atoms with Crippen LogP contribution in [0.2, 0.25) is 0 Å². The number of anilines is 3. The lowest BCUT2D eigenvalue weighted by atomic mass is 10.1. The fourth-order valence-corrected chi connectivity index (χ4v) is 2.89. The lowest BCUT2D eigenvalue weighted by Gasteiger charge is -2.13. The van der Waals surface area contributed by atoms with E-state index >= 15 is 0 Å². The summed E-state index contributed by atoms with van der Waals surface area (Å²) in [6, 6.07) is 17.0. The first-order valence-corrected chi connectivity index (χ1v) is 8.60. The maximum absolute atomic E-state index is 12.4. The van der Waals surface area contributed by atoms with E-state index in [0.717, 1.165) is 17.1 Å². The summed E-state index contributed by atoms with van der Waals surface area (Å²) >= 11 is 0. The molecule has 3 rings (SSSR count). The van der Waals surface area contributed by atoms with Gasteiger partial charge in [0.1, 0.15) is 0 Å². The molecule has 6 N–H and O–H groups in total. The van der Waals surface area contributed by atoms with Gasteiger partial charge in [0.25, 0.3) is 0 Å². The van der Waals surface area contributed by atoms with Crippen LogP contribution in [-0.4, -0.2) is 37.0 Å². The Hall–Kier alpha value is -2.90. The lowest BCUT2D eigenvalue weighted by Crippen LogP contribution is -2.39. The third-order valence-corrected chi connectivity index (χ3v) is 4.21. The van der Waals surface area contributed by atoms with E-state index in [9.17, 15) is 9.59 Å². The van der Waals surface area contributed by atoms with Crippen LogP contribution < -0.4 is 27.0 Å². The normalized spacial score (nSPS) is 19.0. The summed E-state index contributed by atoms with van der Waals surface area (Å²) in [5, 5.41) is 12.1. The second-order valence-corrected chi connectivity index (χ2v) is 6.22. The minimum absolute atomic E-state index is 0.0449. The smallest absolute Gasteiger partial charge is 0.241 e. The van der Waals surface area contributed by atoms with Gasteiger partial charge in [0.15, 0.2) is 0 Å². The van der Waals surface area contributed by atoms with Crippen LogP contribution in [0.4, 0.5) is 17.1 Å². The van der Waals surface area contributed by atoms with E-state index < -0.39 is 0 Å². The first-order chi connectivity index (χ1) is 12.6. The Labute approximate surface area is 152 Å². The molecule has 1 aliphatic heterocycles. The molecule has 2 atom stereocenters. The highest BCUT2D eigenvalue weighted by Gasteiger charge is 2.30. The Morgan fingerprint density at radius 3 is 2.35 bits per heavy atom. The fraction of sp³-hybridized carbons (Fsp3) is 0.263. The first-order valence-electron chi connectivity index (χ1n) is 8.60. The molecule has 1 aliphatic rings. The summed E-state index contributed by atoms with van der Waals surface area (Å²) in [4.78, 5) is 23.7. The summed E-state index contributed by atoms with van der Waals surface area (Å²) in [5.41, 5.74) is 7.96. The highest BCUT2D eigenvalue weighted by Crippen LogP contribution is 2.19. The zero-order chi connectivity index (χ0) is 18.4. The molecule has 2 aromatic rings. The van der Waals surface area contributed by atoms with E-state index in [4.69, 9.17) is 5.73 Å². The average molecular weight is 353 g/mol. The van der Waals surface area contributed by atoms with Gasteiger partial charge < -0.3 is 27.0 Å². The largest absolute Gasteiger partial charge is 0.356 e. The van der Waals surface area contributed by atoms with E-state index in [0.29, 0.717) is 13.0 Å². The van der Waals surface area contributed by atoms with Crippen molar-refractivity contribution >= 4 is 28.9 Å². The third-order valence-electron chi connectivity index (χ3n) is 4.21. The molecule has 0 bridgehead atoms. The number of hydrogen-bond donors (Lipinski definition) is 5. The van der Waals surface area contributed by atoms with Crippen molar-refractivity contribution in [3.8, 4) is 0 Å². The van der Waals surface area contributed by atoms with Crippen molar-refractivity contribution in [1.29, 1.82) is 0 Å². The number of rotatable bonds is 6. The van der Waals surface area contributed by atoms with Gasteiger partial charge in [-0.2, -0.15) is 0 Å². The first kappa shape index (κ1) is 17.9. The van der Waals surface area contributed by atoms with E-state index in [-0.39, 0.29) is 30.4 Å². The van der Waals surface area contributed by atoms with Gasteiger partial charge in [-0.25, -0.2) is 0 Å². The van der Waals surface area contributed by atoms with E-state index in [1.54, 1.807) is 0 Å². The Kier molecular flexibility index (Phi) is 5.83. The van der Waals surface area contributed by atoms with Gasteiger partial charge in [-0.1, -0.05) is 18.2 Å². The molecule has 2 unspecified atom stereocenters. The standard InChI is InChI=1S/C19H23N5O2/c20-11-18(25)23-16-10-17(21-12-16)19(26)24-15-8-6-14(7-9-15)22-13-4-2-1-3-5-13/h1-9,16-17,21-22H,10-12,20H2,(H,23,25)(H,24,26). The maximum atomic E-state index is 12.4. The van der Waals surface area contributed by atoms with Crippen LogP contribution in [0.15, 0.2) is 54.6 Å². The molecule has 26 heavy (non-hydrogen) atoms. The maximum Gasteiger partial charge on any atom is 0.241 e. The summed E-state index contributed by atoms with van der Waals surface area (Å²) < 4.78 is 0. The van der Waals surface area contributed by atoms with Crippen molar-refractivity contribution in [2.24, 2.45) is 5.73 Å². The van der Waals surface area contributed by atoms with Gasteiger partial charge in [-0.05, 0) is 42.8 Å². The van der Waals surface area contributed by atoms with Crippen LogP contribution >= 0.6 is 0 Å². The van der Waals surface area contributed by atoms with Crippen molar-refractivity contribution < 1.29 is 9.59 Å². The number of nitrogens with two attached hydrogens (primary N) is 1. The van der Waals surface area contributed by atoms with Gasteiger partial charge in [0, 0.05) is 29.6 Å². The topological polar surface area (TPSA) is 108 Å². The predicted molar refractivity (Wildman–Crippen MR) is 102 cm³/mol. The molecule has 0 radical (unpaired) electrons. The molecule has 0 saturated carbocycles. The Morgan fingerprint density at radius 2 is 1.65 bits per heavy atom. The van der Waals surface area contributed by atoms with Crippen LogP contribution in [0.1, 0.15) is 6.42 Å². The molecule has 0 aliphatic carbocycles. The Morgan fingerprint density at radius 1 is 1.00 bits per heavy atom. The molecule has 1 heterocycles. The summed E-state index contributed by atoms with van der Waals surface area (Å²) in [6.45, 7) is 0.514. The number of para-hydroxylation sites is 1. The molecular weight excluding hydrogens is 330 g/mol. The quantitative estimate of drug-likeness (QED) is 0.536. The van der Waals surface area contributed by atoms with E-state index in [2.05, 4.69) is 21.3 Å². The molecule has 1 fully saturated rings. The molecular formula is C19H23N5O2. The summed E-state index contributed by atoms with van der Waals surface area (Å²) in [7, 11) is 0. The minimum Gasteiger partial charge on any atom is -0.356 e. The molecule has 7 heteroatoms. The number of carbonyl (C=O) groups is 2. The van der Waals surface area contributed by atoms with Gasteiger partial charge in [-0.15, -0.1) is 0 Å². The Bertz CT molecular complexity index is 748. The van der Waals surface area contributed by atoms with Crippen LogP contribution in [0.5, 0.6) is 0 Å². The van der Waals surface area contributed by atoms with Crippen LogP contribution in [0.25, 0.3) is 0 Å². The third kappa shape index (κ3) is 4.81. The van der Waals surface area contributed by atoms with E-state index in [1.165, 1.54) is 0 Å². The zero-order valence-corrected chi connectivity index (χ0v) is 14.4. The van der Waals surface area contributed by atoms with Gasteiger partial charge in [0.2, 0.25) is 11.8 Å². The second kappa shape index (κ2) is 8.46. The second-order valence-electron chi connectivity index (χ2n) is 6.22. The van der Waals surface area contributed by atoms with Crippen LogP contribution in [0.3, 0.4) is 0 Å². The highest BCUT2D eigenvalue weighted by molar-refractivity contribution is 5.95. The van der Waals surface area contributed by atoms with Crippen molar-refractivity contribution in [2.45, 2.75) is 18.5 Å². The van der Waals surface area contributed by atoms with Gasteiger partial charge in [-0.3, -0.25) is 9.59 Å². The van der Waals surface area contributed by atoms with E-state index in [1.807, 2.05) is 54.6 Å². The minimum atomic E-state index is -0.333. The predicted octanol–water partition coefficient (Wildman–Crippen LogP) is 1.17. The van der Waals surface area contributed by atoms with Crippen molar-refractivity contribution in [3.63, 3.8) is 0 Å². The summed E-state index contributed by atoms with van der Waals surface area (Å²) in [6.07, 6.45) is 0.547. The number of nitrogens with one attached hydrogen (secondary N) is 4. The summed E-state index contributed by atoms with van der Waals surface area (Å²) in [5.74, 6) is -0.322. The van der Waals surface area contributed by atoms with Crippen LogP contribution in [0, 0.1) is 0 Å². The van der Waals surface area contributed by atoms with Gasteiger partial charge in [0.05, 0.1) is 12.6 Å². The van der Waals surface area contributed by atoms with Crippen molar-refractivity contribution in [1.82, 2.24) is 10.6 Å². The van der Waals surface area contributed by atoms with Crippen molar-refractivity contribution in [3.05, 3.63) is 54.6 Å². The molecule has 0 aromatic heterocycles. The monoisotopic (exact) mass is 353 g/mol. The number of amides is 2. The number of benzene rings is 2.